The molecule has 2 aliphatic heterocycles. The summed E-state index contributed by atoms with van der Waals surface area (Å²) in [6, 6.07) is 1.95. The van der Waals surface area contributed by atoms with Gasteiger partial charge in [0.05, 0.1) is 10.9 Å². The van der Waals surface area contributed by atoms with E-state index in [1.807, 2.05) is 4.90 Å². The van der Waals surface area contributed by atoms with Crippen LogP contribution in [0.3, 0.4) is 0 Å². The Hall–Kier alpha value is -1.94. The van der Waals surface area contributed by atoms with E-state index in [1.54, 1.807) is 13.1 Å². The molecule has 29 heavy (non-hydrogen) atoms. The van der Waals surface area contributed by atoms with E-state index in [4.69, 9.17) is 0 Å². The second-order valence-corrected chi connectivity index (χ2v) is 7.28. The quantitative estimate of drug-likeness (QED) is 0.676. The molecule has 2 aromatic rings. The maximum Gasteiger partial charge on any atom is 0.332 e. The molecule has 2 aliphatic rings. The molecule has 11 heteroatoms. The predicted octanol–water partition coefficient (Wildman–Crippen LogP) is -0.404. The van der Waals surface area contributed by atoms with Gasteiger partial charge in [-0.2, -0.15) is 0 Å². The highest BCUT2D eigenvalue weighted by atomic mass is 35.5. The van der Waals surface area contributed by atoms with Crippen molar-refractivity contribution in [3.05, 3.63) is 38.7 Å². The van der Waals surface area contributed by atoms with Crippen LogP contribution < -0.4 is 16.6 Å². The molecule has 1 atom stereocenters. The first kappa shape index (κ1) is 23.3. The van der Waals surface area contributed by atoms with Gasteiger partial charge in [0.2, 0.25) is 0 Å². The Labute approximate surface area is 180 Å². The van der Waals surface area contributed by atoms with Gasteiger partial charge in [-0.3, -0.25) is 23.6 Å². The van der Waals surface area contributed by atoms with Gasteiger partial charge >= 0.3 is 5.69 Å². The lowest BCUT2D eigenvalue weighted by molar-refractivity contribution is 0.0773. The van der Waals surface area contributed by atoms with E-state index in [0.717, 1.165) is 37.2 Å². The fraction of sp³-hybridized carbons (Fsp3) is 0.556. The standard InChI is InChI=1S/C18H24N6O3.2ClH/c1-21-15-14(17(26)22(2)18(21)27)9-12(10-20-15)16(25)24-6-3-13(11-24)23-7-4-19-5-8-23;;/h9-10,13,19H,3-8,11H2,1-2H3;2*1H. The molecule has 2 aromatic heterocycles. The second kappa shape index (κ2) is 9.25. The topological polar surface area (TPSA) is 92.5 Å². The summed E-state index contributed by atoms with van der Waals surface area (Å²) in [6.07, 6.45) is 2.42. The van der Waals surface area contributed by atoms with E-state index in [2.05, 4.69) is 15.2 Å². The van der Waals surface area contributed by atoms with Crippen molar-refractivity contribution in [2.45, 2.75) is 12.5 Å². The summed E-state index contributed by atoms with van der Waals surface area (Å²) < 4.78 is 2.36. The zero-order valence-corrected chi connectivity index (χ0v) is 18.1. The summed E-state index contributed by atoms with van der Waals surface area (Å²) in [4.78, 5) is 45.9. The molecule has 0 bridgehead atoms. The largest absolute Gasteiger partial charge is 0.337 e. The van der Waals surface area contributed by atoms with Crippen molar-refractivity contribution in [3.63, 3.8) is 0 Å². The number of carbonyl (C=O) groups is 1. The van der Waals surface area contributed by atoms with Crippen LogP contribution in [0.5, 0.6) is 0 Å². The highest BCUT2D eigenvalue weighted by Crippen LogP contribution is 2.19. The van der Waals surface area contributed by atoms with E-state index in [1.165, 1.54) is 17.8 Å². The van der Waals surface area contributed by atoms with E-state index >= 15 is 0 Å². The maximum atomic E-state index is 12.9. The minimum absolute atomic E-state index is 0. The number of hydrogen-bond donors (Lipinski definition) is 1. The number of carbonyl (C=O) groups excluding carboxylic acids is 1. The third-order valence-electron chi connectivity index (χ3n) is 5.66. The SMILES string of the molecule is Cl.Cl.Cn1c(=O)c2cc(C(=O)N3CCC(N4CCNCC4)C3)cnc2n(C)c1=O. The number of nitrogens with one attached hydrogen (secondary N) is 1. The smallest absolute Gasteiger partial charge is 0.332 e. The Morgan fingerprint density at radius 2 is 1.79 bits per heavy atom. The average molecular weight is 445 g/mol. The summed E-state index contributed by atoms with van der Waals surface area (Å²) in [7, 11) is 2.99. The molecule has 4 rings (SSSR count). The third-order valence-corrected chi connectivity index (χ3v) is 5.66. The van der Waals surface area contributed by atoms with Crippen LogP contribution in [0.1, 0.15) is 16.8 Å². The molecule has 1 amide bonds. The number of rotatable bonds is 2. The van der Waals surface area contributed by atoms with Gasteiger partial charge in [0, 0.05) is 65.6 Å². The van der Waals surface area contributed by atoms with Gasteiger partial charge < -0.3 is 10.2 Å². The van der Waals surface area contributed by atoms with E-state index in [-0.39, 0.29) is 36.1 Å². The molecule has 1 N–H and O–H groups in total. The normalized spacial score (nSPS) is 19.7. The predicted molar refractivity (Wildman–Crippen MR) is 115 cm³/mol. The average Bonchev–Trinajstić information content (AvgIpc) is 3.20. The highest BCUT2D eigenvalue weighted by Gasteiger charge is 2.31. The van der Waals surface area contributed by atoms with Gasteiger partial charge in [0.1, 0.15) is 5.65 Å². The molecule has 1 unspecified atom stereocenters. The lowest BCUT2D eigenvalue weighted by atomic mass is 10.2. The lowest BCUT2D eigenvalue weighted by Gasteiger charge is -2.32. The first-order valence-corrected chi connectivity index (χ1v) is 9.27. The number of fused-ring (bicyclic) bond motifs is 1. The molecule has 4 heterocycles. The molecule has 0 aromatic carbocycles. The number of nitrogens with zero attached hydrogens (tertiary/aromatic N) is 5. The van der Waals surface area contributed by atoms with Crippen molar-refractivity contribution in [1.82, 2.24) is 29.2 Å². The van der Waals surface area contributed by atoms with Crippen LogP contribution in [0.2, 0.25) is 0 Å². The maximum absolute atomic E-state index is 12.9. The summed E-state index contributed by atoms with van der Waals surface area (Å²) in [5.41, 5.74) is -0.188. The van der Waals surface area contributed by atoms with Crippen molar-refractivity contribution in [2.24, 2.45) is 14.1 Å². The molecular weight excluding hydrogens is 419 g/mol. The molecule has 0 saturated carbocycles. The number of pyridine rings is 1. The van der Waals surface area contributed by atoms with E-state index in [9.17, 15) is 14.4 Å². The molecular formula is C18H26Cl2N6O3. The Kier molecular flexibility index (Phi) is 7.45. The molecule has 0 aliphatic carbocycles. The van der Waals surface area contributed by atoms with Crippen molar-refractivity contribution >= 4 is 41.8 Å². The van der Waals surface area contributed by atoms with Gasteiger partial charge in [0.25, 0.3) is 11.5 Å². The molecule has 2 fully saturated rings. The molecule has 160 valence electrons. The van der Waals surface area contributed by atoms with E-state index < -0.39 is 11.2 Å². The zero-order chi connectivity index (χ0) is 19.1. The van der Waals surface area contributed by atoms with Crippen LogP contribution in [-0.4, -0.2) is 75.1 Å². The third kappa shape index (κ3) is 4.18. The van der Waals surface area contributed by atoms with Crippen LogP contribution in [-0.2, 0) is 14.1 Å². The Balaban J connectivity index is 0.00000150. The van der Waals surface area contributed by atoms with Crippen LogP contribution in [0.15, 0.2) is 21.9 Å². The molecule has 0 spiro atoms. The van der Waals surface area contributed by atoms with Gasteiger partial charge in [-0.05, 0) is 12.5 Å². The minimum Gasteiger partial charge on any atom is -0.337 e. The first-order chi connectivity index (χ1) is 13.0. The summed E-state index contributed by atoms with van der Waals surface area (Å²) in [5.74, 6) is -0.113. The molecule has 0 radical (unpaired) electrons. The van der Waals surface area contributed by atoms with Crippen LogP contribution in [0.25, 0.3) is 11.0 Å². The number of aromatic nitrogens is 3. The number of likely N-dealkylation sites (tertiary alicyclic amines) is 1. The zero-order valence-electron chi connectivity index (χ0n) is 16.5. The molecule has 2 saturated heterocycles. The van der Waals surface area contributed by atoms with Gasteiger partial charge in [-0.15, -0.1) is 24.8 Å². The number of hydrogen-bond acceptors (Lipinski definition) is 6. The Morgan fingerprint density at radius 3 is 2.48 bits per heavy atom. The first-order valence-electron chi connectivity index (χ1n) is 9.27. The van der Waals surface area contributed by atoms with E-state index in [0.29, 0.717) is 30.3 Å². The van der Waals surface area contributed by atoms with Gasteiger partial charge in [0.15, 0.2) is 0 Å². The van der Waals surface area contributed by atoms with Crippen molar-refractivity contribution in [2.75, 3.05) is 39.3 Å². The fourth-order valence-corrected chi connectivity index (χ4v) is 4.04. The summed E-state index contributed by atoms with van der Waals surface area (Å²) >= 11 is 0. The Morgan fingerprint density at radius 1 is 1.10 bits per heavy atom. The lowest BCUT2D eigenvalue weighted by Crippen LogP contribution is -2.49. The minimum atomic E-state index is -0.435. The monoisotopic (exact) mass is 444 g/mol. The van der Waals surface area contributed by atoms with Crippen LogP contribution in [0, 0.1) is 0 Å². The number of halogens is 2. The number of amides is 1. The second-order valence-electron chi connectivity index (χ2n) is 7.28. The Bertz CT molecular complexity index is 1020. The van der Waals surface area contributed by atoms with Gasteiger partial charge in [-0.25, -0.2) is 9.78 Å². The highest BCUT2D eigenvalue weighted by molar-refractivity contribution is 5.97. The van der Waals surface area contributed by atoms with Crippen molar-refractivity contribution in [1.29, 1.82) is 0 Å². The fourth-order valence-electron chi connectivity index (χ4n) is 4.04. The van der Waals surface area contributed by atoms with Crippen molar-refractivity contribution in [3.8, 4) is 0 Å². The van der Waals surface area contributed by atoms with Crippen LogP contribution in [0.4, 0.5) is 0 Å². The number of piperazine rings is 1. The summed E-state index contributed by atoms with van der Waals surface area (Å²) in [5, 5.41) is 3.63. The molecule has 9 nitrogen and oxygen atoms in total. The van der Waals surface area contributed by atoms with Crippen LogP contribution >= 0.6 is 24.8 Å². The number of aryl methyl sites for hydroxylation is 1. The van der Waals surface area contributed by atoms with Crippen molar-refractivity contribution < 1.29 is 4.79 Å². The van der Waals surface area contributed by atoms with Gasteiger partial charge in [-0.1, -0.05) is 0 Å². The summed E-state index contributed by atoms with van der Waals surface area (Å²) in [6.45, 7) is 5.39.